The number of halogens is 2. The molecule has 0 saturated carbocycles. The molecule has 1 fully saturated rings. The second-order valence-electron chi connectivity index (χ2n) is 4.99. The molecule has 1 aliphatic heterocycles. The zero-order valence-electron chi connectivity index (χ0n) is 10.9. The summed E-state index contributed by atoms with van der Waals surface area (Å²) < 4.78 is 32.5. The predicted molar refractivity (Wildman–Crippen MR) is 69.3 cm³/mol. The van der Waals surface area contributed by atoms with Crippen LogP contribution in [0.5, 0.6) is 0 Å². The van der Waals surface area contributed by atoms with Crippen molar-refractivity contribution >= 4 is 0 Å². The van der Waals surface area contributed by atoms with E-state index < -0.39 is 6.43 Å². The van der Waals surface area contributed by atoms with Gasteiger partial charge in [-0.05, 0) is 12.5 Å². The molecule has 106 valence electrons. The SMILES string of the molecule is FC(F)c1cncc(-c2cnn(CC3CCOC3)c2)c1. The van der Waals surface area contributed by atoms with E-state index in [1.54, 1.807) is 12.4 Å². The van der Waals surface area contributed by atoms with E-state index in [0.29, 0.717) is 11.5 Å². The summed E-state index contributed by atoms with van der Waals surface area (Å²) in [4.78, 5) is 3.86. The molecule has 0 radical (unpaired) electrons. The van der Waals surface area contributed by atoms with Gasteiger partial charge >= 0.3 is 0 Å². The number of ether oxygens (including phenoxy) is 1. The first-order valence-electron chi connectivity index (χ1n) is 6.56. The van der Waals surface area contributed by atoms with Crippen LogP contribution in [0.15, 0.2) is 30.9 Å². The molecular weight excluding hydrogens is 264 g/mol. The van der Waals surface area contributed by atoms with Crippen LogP contribution in [0.3, 0.4) is 0 Å². The molecule has 1 aliphatic rings. The van der Waals surface area contributed by atoms with Gasteiger partial charge in [-0.25, -0.2) is 8.78 Å². The van der Waals surface area contributed by atoms with Crippen molar-refractivity contribution < 1.29 is 13.5 Å². The van der Waals surface area contributed by atoms with Gasteiger partial charge in [0, 0.05) is 54.4 Å². The van der Waals surface area contributed by atoms with E-state index in [1.807, 2.05) is 10.9 Å². The first-order valence-corrected chi connectivity index (χ1v) is 6.56. The van der Waals surface area contributed by atoms with Crippen LogP contribution in [-0.2, 0) is 11.3 Å². The van der Waals surface area contributed by atoms with Crippen molar-refractivity contribution in [1.82, 2.24) is 14.8 Å². The predicted octanol–water partition coefficient (Wildman–Crippen LogP) is 2.92. The van der Waals surface area contributed by atoms with Crippen molar-refractivity contribution in [1.29, 1.82) is 0 Å². The van der Waals surface area contributed by atoms with Crippen LogP contribution in [0, 0.1) is 5.92 Å². The van der Waals surface area contributed by atoms with E-state index in [4.69, 9.17) is 4.74 Å². The highest BCUT2D eigenvalue weighted by Crippen LogP contribution is 2.24. The summed E-state index contributed by atoms with van der Waals surface area (Å²) in [5.74, 6) is 0.480. The van der Waals surface area contributed by atoms with Crippen LogP contribution < -0.4 is 0 Å². The van der Waals surface area contributed by atoms with Gasteiger partial charge in [-0.1, -0.05) is 0 Å². The third kappa shape index (κ3) is 2.85. The molecule has 0 aromatic carbocycles. The standard InChI is InChI=1S/C14H15F2N3O/c15-14(16)12-3-11(4-17-5-12)13-6-18-19(8-13)7-10-1-2-20-9-10/h3-6,8,10,14H,1-2,7,9H2. The number of hydrogen-bond acceptors (Lipinski definition) is 3. The Morgan fingerprint density at radius 2 is 2.20 bits per heavy atom. The van der Waals surface area contributed by atoms with E-state index in [9.17, 15) is 8.78 Å². The first-order chi connectivity index (χ1) is 9.72. The lowest BCUT2D eigenvalue weighted by molar-refractivity contribution is 0.151. The maximum absolute atomic E-state index is 12.7. The van der Waals surface area contributed by atoms with Gasteiger partial charge in [0.15, 0.2) is 0 Å². The maximum atomic E-state index is 12.7. The molecule has 3 heterocycles. The lowest BCUT2D eigenvalue weighted by atomic mass is 10.1. The van der Waals surface area contributed by atoms with Crippen molar-refractivity contribution in [2.75, 3.05) is 13.2 Å². The summed E-state index contributed by atoms with van der Waals surface area (Å²) in [5.41, 5.74) is 1.40. The maximum Gasteiger partial charge on any atom is 0.265 e. The number of alkyl halides is 2. The van der Waals surface area contributed by atoms with Gasteiger partial charge in [0.05, 0.1) is 12.8 Å². The van der Waals surface area contributed by atoms with Crippen molar-refractivity contribution in [2.45, 2.75) is 19.4 Å². The second-order valence-corrected chi connectivity index (χ2v) is 4.99. The monoisotopic (exact) mass is 279 g/mol. The van der Waals surface area contributed by atoms with Gasteiger partial charge in [-0.15, -0.1) is 0 Å². The molecule has 4 nitrogen and oxygen atoms in total. The van der Waals surface area contributed by atoms with Gasteiger partial charge in [0.2, 0.25) is 0 Å². The molecular formula is C14H15F2N3O. The Morgan fingerprint density at radius 1 is 1.30 bits per heavy atom. The number of hydrogen-bond donors (Lipinski definition) is 0. The van der Waals surface area contributed by atoms with Crippen LogP contribution in [-0.4, -0.2) is 28.0 Å². The van der Waals surface area contributed by atoms with Gasteiger partial charge in [0.1, 0.15) is 0 Å². The fourth-order valence-electron chi connectivity index (χ4n) is 2.34. The summed E-state index contributed by atoms with van der Waals surface area (Å²) in [6, 6.07) is 1.46. The van der Waals surface area contributed by atoms with Crippen LogP contribution in [0.4, 0.5) is 8.78 Å². The summed E-state index contributed by atoms with van der Waals surface area (Å²) in [5, 5.41) is 4.28. The first kappa shape index (κ1) is 13.2. The van der Waals surface area contributed by atoms with Crippen LogP contribution in [0.1, 0.15) is 18.4 Å². The van der Waals surface area contributed by atoms with Crippen molar-refractivity contribution in [2.24, 2.45) is 5.92 Å². The third-order valence-electron chi connectivity index (χ3n) is 3.45. The molecule has 0 spiro atoms. The highest BCUT2D eigenvalue weighted by molar-refractivity contribution is 5.61. The molecule has 1 atom stereocenters. The summed E-state index contributed by atoms with van der Waals surface area (Å²) in [6.07, 6.45) is 4.85. The van der Waals surface area contributed by atoms with Crippen molar-refractivity contribution in [3.63, 3.8) is 0 Å². The van der Waals surface area contributed by atoms with E-state index in [0.717, 1.165) is 31.7 Å². The van der Waals surface area contributed by atoms with Gasteiger partial charge in [0.25, 0.3) is 6.43 Å². The summed E-state index contributed by atoms with van der Waals surface area (Å²) in [7, 11) is 0. The fraction of sp³-hybridized carbons (Fsp3) is 0.429. The molecule has 2 aromatic heterocycles. The van der Waals surface area contributed by atoms with E-state index in [1.165, 1.54) is 12.3 Å². The van der Waals surface area contributed by atoms with Crippen molar-refractivity contribution in [3.05, 3.63) is 36.4 Å². The Morgan fingerprint density at radius 3 is 2.95 bits per heavy atom. The quantitative estimate of drug-likeness (QED) is 0.864. The molecule has 0 aliphatic carbocycles. The number of aromatic nitrogens is 3. The van der Waals surface area contributed by atoms with E-state index in [2.05, 4.69) is 10.1 Å². The Bertz CT molecular complexity index is 579. The van der Waals surface area contributed by atoms with Crippen LogP contribution >= 0.6 is 0 Å². The fourth-order valence-corrected chi connectivity index (χ4v) is 2.34. The van der Waals surface area contributed by atoms with Gasteiger partial charge in [-0.2, -0.15) is 5.10 Å². The minimum Gasteiger partial charge on any atom is -0.381 e. The molecule has 3 rings (SSSR count). The lowest BCUT2D eigenvalue weighted by Gasteiger charge is -2.06. The number of nitrogens with zero attached hydrogens (tertiary/aromatic N) is 3. The number of rotatable bonds is 4. The van der Waals surface area contributed by atoms with E-state index >= 15 is 0 Å². The summed E-state index contributed by atoms with van der Waals surface area (Å²) in [6.45, 7) is 2.36. The lowest BCUT2D eigenvalue weighted by Crippen LogP contribution is -2.10. The summed E-state index contributed by atoms with van der Waals surface area (Å²) >= 11 is 0. The van der Waals surface area contributed by atoms with Gasteiger partial charge < -0.3 is 4.74 Å². The minimum atomic E-state index is -2.51. The third-order valence-corrected chi connectivity index (χ3v) is 3.45. The Labute approximate surface area is 115 Å². The Kier molecular flexibility index (Phi) is 3.73. The normalized spacial score (nSPS) is 18.9. The van der Waals surface area contributed by atoms with Crippen molar-refractivity contribution in [3.8, 4) is 11.1 Å². The molecule has 0 bridgehead atoms. The topological polar surface area (TPSA) is 39.9 Å². The molecule has 20 heavy (non-hydrogen) atoms. The molecule has 0 amide bonds. The number of pyridine rings is 1. The Balaban J connectivity index is 1.77. The second kappa shape index (κ2) is 5.66. The molecule has 1 saturated heterocycles. The van der Waals surface area contributed by atoms with Crippen LogP contribution in [0.25, 0.3) is 11.1 Å². The minimum absolute atomic E-state index is 0.0700. The van der Waals surface area contributed by atoms with Gasteiger partial charge in [-0.3, -0.25) is 9.67 Å². The smallest absolute Gasteiger partial charge is 0.265 e. The highest BCUT2D eigenvalue weighted by atomic mass is 19.3. The zero-order chi connectivity index (χ0) is 13.9. The zero-order valence-corrected chi connectivity index (χ0v) is 10.9. The average Bonchev–Trinajstić information content (AvgIpc) is 3.11. The molecule has 1 unspecified atom stereocenters. The van der Waals surface area contributed by atoms with Crippen LogP contribution in [0.2, 0.25) is 0 Å². The molecule has 6 heteroatoms. The molecule has 2 aromatic rings. The van der Waals surface area contributed by atoms with E-state index in [-0.39, 0.29) is 5.56 Å². The Hall–Kier alpha value is -1.82. The largest absolute Gasteiger partial charge is 0.381 e. The molecule has 0 N–H and O–H groups in total. The average molecular weight is 279 g/mol. The highest BCUT2D eigenvalue weighted by Gasteiger charge is 2.17.